The molecule has 3 heterocycles. The Hall–Kier alpha value is -3.59. The summed E-state index contributed by atoms with van der Waals surface area (Å²) in [5.74, 6) is 1.14. The van der Waals surface area contributed by atoms with Crippen molar-refractivity contribution < 1.29 is 4.79 Å². The van der Waals surface area contributed by atoms with Gasteiger partial charge in [-0.25, -0.2) is 19.6 Å². The van der Waals surface area contributed by atoms with Crippen molar-refractivity contribution in [1.82, 2.24) is 24.7 Å². The summed E-state index contributed by atoms with van der Waals surface area (Å²) in [5.41, 5.74) is 5.07. The van der Waals surface area contributed by atoms with E-state index in [1.54, 1.807) is 11.7 Å². The van der Waals surface area contributed by atoms with Crippen LogP contribution >= 0.6 is 11.3 Å². The van der Waals surface area contributed by atoms with Crippen molar-refractivity contribution >= 4 is 28.2 Å². The third kappa shape index (κ3) is 4.78. The molecule has 8 nitrogen and oxygen atoms in total. The van der Waals surface area contributed by atoms with Gasteiger partial charge in [-0.15, -0.1) is 11.3 Å². The molecule has 0 aliphatic rings. The van der Waals surface area contributed by atoms with Crippen LogP contribution in [0.5, 0.6) is 0 Å². The van der Waals surface area contributed by atoms with Gasteiger partial charge >= 0.3 is 0 Å². The molecule has 0 fully saturated rings. The number of thiazole rings is 1. The molecule has 4 aromatic rings. The van der Waals surface area contributed by atoms with Crippen molar-refractivity contribution in [1.29, 1.82) is 0 Å². The van der Waals surface area contributed by atoms with Gasteiger partial charge in [0.25, 0.3) is 5.91 Å². The van der Waals surface area contributed by atoms with Crippen LogP contribution < -0.4 is 10.6 Å². The van der Waals surface area contributed by atoms with Gasteiger partial charge in [0.1, 0.15) is 12.1 Å². The molecule has 0 saturated carbocycles. The fourth-order valence-electron chi connectivity index (χ4n) is 3.35. The Morgan fingerprint density at radius 2 is 1.88 bits per heavy atom. The van der Waals surface area contributed by atoms with Crippen LogP contribution in [0.15, 0.2) is 42.0 Å². The highest BCUT2D eigenvalue weighted by atomic mass is 32.1. The van der Waals surface area contributed by atoms with Crippen LogP contribution in [0.25, 0.3) is 17.1 Å². The summed E-state index contributed by atoms with van der Waals surface area (Å²) in [7, 11) is 1.81. The standard InChI is InChI=1S/C24H27N7OS/c1-14-7-8-16(22(32)29-23-28-19(12-33-23)24(3,4)5)10-17(14)18-9-15(2)30-31(18)21-11-20(25-6)26-13-27-21/h7-13H,1-6H3,(H,25,26,27)(H,28,29,32). The van der Waals surface area contributed by atoms with Crippen molar-refractivity contribution in [3.8, 4) is 17.1 Å². The minimum absolute atomic E-state index is 0.0685. The lowest BCUT2D eigenvalue weighted by Crippen LogP contribution is -2.14. The zero-order chi connectivity index (χ0) is 23.8. The van der Waals surface area contributed by atoms with Crippen LogP contribution in [-0.4, -0.2) is 37.7 Å². The van der Waals surface area contributed by atoms with Gasteiger partial charge in [0.15, 0.2) is 10.9 Å². The molecule has 0 aliphatic carbocycles. The van der Waals surface area contributed by atoms with Gasteiger partial charge in [-0.1, -0.05) is 26.8 Å². The first-order chi connectivity index (χ1) is 15.7. The fraction of sp³-hybridized carbons (Fsp3) is 0.292. The molecule has 1 aromatic carbocycles. The Labute approximate surface area is 197 Å². The number of aromatic nitrogens is 5. The lowest BCUT2D eigenvalue weighted by atomic mass is 9.93. The van der Waals surface area contributed by atoms with Crippen LogP contribution in [0.2, 0.25) is 0 Å². The summed E-state index contributed by atoms with van der Waals surface area (Å²) >= 11 is 1.43. The number of amides is 1. The van der Waals surface area contributed by atoms with E-state index in [-0.39, 0.29) is 11.3 Å². The summed E-state index contributed by atoms with van der Waals surface area (Å²) in [5, 5.41) is 13.2. The van der Waals surface area contributed by atoms with E-state index in [1.807, 2.05) is 49.6 Å². The maximum absolute atomic E-state index is 13.0. The van der Waals surface area contributed by atoms with Crippen molar-refractivity contribution in [2.75, 3.05) is 17.7 Å². The first-order valence-electron chi connectivity index (χ1n) is 10.6. The van der Waals surface area contributed by atoms with Crippen LogP contribution in [-0.2, 0) is 5.41 Å². The molecule has 0 aliphatic heterocycles. The molecular formula is C24H27N7OS. The minimum atomic E-state index is -0.201. The van der Waals surface area contributed by atoms with Gasteiger partial charge in [-0.05, 0) is 37.6 Å². The van der Waals surface area contributed by atoms with Crippen LogP contribution in [0, 0.1) is 13.8 Å². The Bertz CT molecular complexity index is 1320. The molecule has 33 heavy (non-hydrogen) atoms. The van der Waals surface area contributed by atoms with Gasteiger partial charge in [-0.2, -0.15) is 5.10 Å². The number of aryl methyl sites for hydroxylation is 2. The Morgan fingerprint density at radius 3 is 2.58 bits per heavy atom. The number of hydrogen-bond acceptors (Lipinski definition) is 7. The van der Waals surface area contributed by atoms with E-state index in [1.165, 1.54) is 17.7 Å². The molecule has 0 atom stereocenters. The van der Waals surface area contributed by atoms with Gasteiger partial charge in [-0.3, -0.25) is 10.1 Å². The predicted octanol–water partition coefficient (Wildman–Crippen LogP) is 4.99. The number of carbonyl (C=O) groups is 1. The van der Waals surface area contributed by atoms with E-state index < -0.39 is 0 Å². The molecule has 170 valence electrons. The second-order valence-corrected chi connectivity index (χ2v) is 9.72. The molecule has 0 saturated heterocycles. The highest BCUT2D eigenvalue weighted by molar-refractivity contribution is 7.14. The number of carbonyl (C=O) groups excluding carboxylic acids is 1. The molecule has 9 heteroatoms. The normalized spacial score (nSPS) is 11.5. The van der Waals surface area contributed by atoms with Crippen molar-refractivity contribution in [3.63, 3.8) is 0 Å². The van der Waals surface area contributed by atoms with Crippen molar-refractivity contribution in [2.45, 2.75) is 40.0 Å². The van der Waals surface area contributed by atoms with Gasteiger partial charge in [0.05, 0.1) is 17.1 Å². The smallest absolute Gasteiger partial charge is 0.257 e. The molecule has 1 amide bonds. The first kappa shape index (κ1) is 22.6. The van der Waals surface area contributed by atoms with Crippen molar-refractivity contribution in [3.05, 3.63) is 64.6 Å². The summed E-state index contributed by atoms with van der Waals surface area (Å²) in [4.78, 5) is 26.2. The number of rotatable bonds is 5. The Balaban J connectivity index is 1.68. The second kappa shape index (κ2) is 8.74. The summed E-state index contributed by atoms with van der Waals surface area (Å²) in [6.07, 6.45) is 1.50. The SMILES string of the molecule is CNc1cc(-n2nc(C)cc2-c2cc(C(=O)Nc3nc(C(C)(C)C)cs3)ccc2C)ncn1. The number of anilines is 2. The van der Waals surface area contributed by atoms with Crippen LogP contribution in [0.1, 0.15) is 48.1 Å². The highest BCUT2D eigenvalue weighted by Crippen LogP contribution is 2.29. The van der Waals surface area contributed by atoms with Gasteiger partial charge in [0, 0.05) is 35.0 Å². The molecule has 3 aromatic heterocycles. The average Bonchev–Trinajstić information content (AvgIpc) is 3.40. The Kier molecular flexibility index (Phi) is 5.99. The fourth-order valence-corrected chi connectivity index (χ4v) is 4.28. The van der Waals surface area contributed by atoms with E-state index in [0.29, 0.717) is 22.3 Å². The van der Waals surface area contributed by atoms with Crippen LogP contribution in [0.4, 0.5) is 10.9 Å². The Morgan fingerprint density at radius 1 is 1.09 bits per heavy atom. The molecular weight excluding hydrogens is 434 g/mol. The number of nitrogens with zero attached hydrogens (tertiary/aromatic N) is 5. The van der Waals surface area contributed by atoms with E-state index in [4.69, 9.17) is 0 Å². The number of nitrogens with one attached hydrogen (secondary N) is 2. The zero-order valence-electron chi connectivity index (χ0n) is 19.6. The molecule has 0 unspecified atom stereocenters. The maximum Gasteiger partial charge on any atom is 0.257 e. The van der Waals surface area contributed by atoms with Crippen molar-refractivity contribution in [2.24, 2.45) is 0 Å². The minimum Gasteiger partial charge on any atom is -0.373 e. The quantitative estimate of drug-likeness (QED) is 0.434. The first-order valence-corrected chi connectivity index (χ1v) is 11.5. The monoisotopic (exact) mass is 461 g/mol. The molecule has 0 spiro atoms. The third-order valence-electron chi connectivity index (χ3n) is 5.23. The van der Waals surface area contributed by atoms with Gasteiger partial charge < -0.3 is 5.32 Å². The summed E-state index contributed by atoms with van der Waals surface area (Å²) in [6, 6.07) is 9.47. The lowest BCUT2D eigenvalue weighted by Gasteiger charge is -2.14. The molecule has 4 rings (SSSR count). The number of hydrogen-bond donors (Lipinski definition) is 2. The summed E-state index contributed by atoms with van der Waals surface area (Å²) in [6.45, 7) is 10.2. The predicted molar refractivity (Wildman–Crippen MR) is 132 cm³/mol. The largest absolute Gasteiger partial charge is 0.373 e. The second-order valence-electron chi connectivity index (χ2n) is 8.87. The van der Waals surface area contributed by atoms with Gasteiger partial charge in [0.2, 0.25) is 0 Å². The lowest BCUT2D eigenvalue weighted by molar-refractivity contribution is 0.102. The molecule has 0 radical (unpaired) electrons. The average molecular weight is 462 g/mol. The molecule has 2 N–H and O–H groups in total. The van der Waals surface area contributed by atoms with E-state index in [2.05, 4.69) is 51.5 Å². The molecule has 0 bridgehead atoms. The van der Waals surface area contributed by atoms with E-state index in [0.717, 1.165) is 28.2 Å². The third-order valence-corrected chi connectivity index (χ3v) is 5.98. The highest BCUT2D eigenvalue weighted by Gasteiger charge is 2.20. The maximum atomic E-state index is 13.0. The van der Waals surface area contributed by atoms with Crippen LogP contribution in [0.3, 0.4) is 0 Å². The number of benzene rings is 1. The summed E-state index contributed by atoms with van der Waals surface area (Å²) < 4.78 is 1.78. The van der Waals surface area contributed by atoms with E-state index in [9.17, 15) is 4.79 Å². The van der Waals surface area contributed by atoms with E-state index >= 15 is 0 Å². The topological polar surface area (TPSA) is 97.6 Å². The zero-order valence-corrected chi connectivity index (χ0v) is 20.4.